The molecule has 0 saturated carbocycles. The molecule has 2 rings (SSSR count). The van der Waals surface area contributed by atoms with E-state index in [1.165, 1.54) is 4.68 Å². The van der Waals surface area contributed by atoms with Gasteiger partial charge in [-0.3, -0.25) is 14.3 Å². The third kappa shape index (κ3) is 5.40. The largest absolute Gasteiger partial charge is 0.407 e. The summed E-state index contributed by atoms with van der Waals surface area (Å²) in [5.74, 6) is -2.39. The quantitative estimate of drug-likeness (QED) is 0.367. The van der Waals surface area contributed by atoms with Crippen LogP contribution in [0, 0.1) is 25.7 Å². The molecule has 0 bridgehead atoms. The van der Waals surface area contributed by atoms with Crippen molar-refractivity contribution < 1.29 is 35.9 Å². The van der Waals surface area contributed by atoms with Crippen LogP contribution in [0.4, 0.5) is 32.0 Å². The number of alkyl halides is 6. The monoisotopic (exact) mass is 533 g/mol. The van der Waals surface area contributed by atoms with Gasteiger partial charge in [0.1, 0.15) is 0 Å². The Balaban J connectivity index is 2.89. The molecule has 0 aliphatic heterocycles. The second-order valence-corrected chi connectivity index (χ2v) is 10.00. The zero-order valence-corrected chi connectivity index (χ0v) is 22.2. The summed E-state index contributed by atoms with van der Waals surface area (Å²) in [6.45, 7) is 10.5. The van der Waals surface area contributed by atoms with E-state index in [9.17, 15) is 35.9 Å². The summed E-state index contributed by atoms with van der Waals surface area (Å²) in [6.07, 6.45) is -12.6. The Morgan fingerprint density at radius 3 is 1.92 bits per heavy atom. The molecule has 206 valence electrons. The van der Waals surface area contributed by atoms with Crippen molar-refractivity contribution in [1.29, 1.82) is 0 Å². The van der Waals surface area contributed by atoms with Gasteiger partial charge < -0.3 is 0 Å². The predicted molar refractivity (Wildman–Crippen MR) is 128 cm³/mol. The van der Waals surface area contributed by atoms with Gasteiger partial charge in [0.2, 0.25) is 5.91 Å². The van der Waals surface area contributed by atoms with Crippen LogP contribution in [0.2, 0.25) is 0 Å². The summed E-state index contributed by atoms with van der Waals surface area (Å²) in [4.78, 5) is 27.6. The van der Waals surface area contributed by atoms with Gasteiger partial charge in [0.25, 0.3) is 5.91 Å². The Hall–Kier alpha value is -2.85. The van der Waals surface area contributed by atoms with Crippen molar-refractivity contribution in [3.05, 3.63) is 46.3 Å². The minimum absolute atomic E-state index is 0.0971. The molecule has 0 fully saturated rings. The number of carbonyl (C=O) groups is 2. The lowest BCUT2D eigenvalue weighted by atomic mass is 9.73. The number of nitrogens with zero attached hydrogens (tertiary/aromatic N) is 3. The van der Waals surface area contributed by atoms with Gasteiger partial charge in [0.05, 0.1) is 16.9 Å². The molecule has 1 aromatic carbocycles. The van der Waals surface area contributed by atoms with Crippen LogP contribution in [0.25, 0.3) is 0 Å². The van der Waals surface area contributed by atoms with Crippen molar-refractivity contribution in [2.45, 2.75) is 79.1 Å². The minimum atomic E-state index is -5.62. The lowest BCUT2D eigenvalue weighted by Gasteiger charge is -2.39. The molecular formula is C26H33F6N3O2. The molecule has 0 spiro atoms. The van der Waals surface area contributed by atoms with Gasteiger partial charge in [-0.05, 0) is 55.9 Å². The van der Waals surface area contributed by atoms with Gasteiger partial charge in [-0.2, -0.15) is 31.4 Å². The summed E-state index contributed by atoms with van der Waals surface area (Å²) in [5, 5.41) is 4.19. The topological polar surface area (TPSA) is 55.2 Å². The number of rotatable bonds is 7. The van der Waals surface area contributed by atoms with Crippen LogP contribution in [0.1, 0.15) is 73.9 Å². The van der Waals surface area contributed by atoms with Gasteiger partial charge in [0.15, 0.2) is 5.41 Å². The van der Waals surface area contributed by atoms with E-state index in [-0.39, 0.29) is 29.2 Å². The van der Waals surface area contributed by atoms with Crippen LogP contribution in [0.15, 0.2) is 18.2 Å². The average Bonchev–Trinajstić information content (AvgIpc) is 2.98. The van der Waals surface area contributed by atoms with Gasteiger partial charge in [-0.25, -0.2) is 4.90 Å². The van der Waals surface area contributed by atoms with E-state index in [0.29, 0.717) is 11.4 Å². The predicted octanol–water partition coefficient (Wildman–Crippen LogP) is 6.84. The first-order chi connectivity index (χ1) is 16.8. The number of imide groups is 1. The number of amides is 2. The van der Waals surface area contributed by atoms with Gasteiger partial charge >= 0.3 is 12.4 Å². The number of benzene rings is 1. The number of aryl methyl sites for hydroxylation is 2. The van der Waals surface area contributed by atoms with Crippen LogP contribution < -0.4 is 4.90 Å². The van der Waals surface area contributed by atoms with Crippen LogP contribution in [-0.4, -0.2) is 33.9 Å². The molecule has 2 amide bonds. The van der Waals surface area contributed by atoms with Gasteiger partial charge in [-0.1, -0.05) is 40.7 Å². The molecule has 0 aliphatic carbocycles. The number of anilines is 1. The molecule has 0 aliphatic rings. The second kappa shape index (κ2) is 10.5. The summed E-state index contributed by atoms with van der Waals surface area (Å²) in [7, 11) is 1.61. The maximum Gasteiger partial charge on any atom is 0.407 e. The third-order valence-electron chi connectivity index (χ3n) is 6.57. The summed E-state index contributed by atoms with van der Waals surface area (Å²) in [6, 6.07) is 2.85. The van der Waals surface area contributed by atoms with Crippen LogP contribution in [0.3, 0.4) is 0 Å². The van der Waals surface area contributed by atoms with Crippen LogP contribution in [0.5, 0.6) is 0 Å². The van der Waals surface area contributed by atoms with Crippen LogP contribution >= 0.6 is 0 Å². The Morgan fingerprint density at radius 2 is 1.54 bits per heavy atom. The highest BCUT2D eigenvalue weighted by molar-refractivity contribution is 6.22. The first-order valence-electron chi connectivity index (χ1n) is 12.0. The number of hydrogen-bond acceptors (Lipinski definition) is 3. The molecule has 37 heavy (non-hydrogen) atoms. The number of aromatic nitrogens is 2. The number of hydrogen-bond donors (Lipinski definition) is 0. The fraction of sp³-hybridized carbons (Fsp3) is 0.577. The van der Waals surface area contributed by atoms with E-state index in [4.69, 9.17) is 0 Å². The van der Waals surface area contributed by atoms with Crippen molar-refractivity contribution >= 4 is 17.5 Å². The molecule has 0 saturated heterocycles. The SMILES string of the molecule is CCC(c1ccc(N(C(=O)c2c(C)nn(C)c2C)C(=O)C(C)C)cc1CC(C)C)(C(F)(F)F)C(F)(F)F. The van der Waals surface area contributed by atoms with E-state index >= 15 is 0 Å². The lowest BCUT2D eigenvalue weighted by Crippen LogP contribution is -2.54. The molecule has 0 atom stereocenters. The van der Waals surface area contributed by atoms with Crippen molar-refractivity contribution in [2.75, 3.05) is 4.90 Å². The van der Waals surface area contributed by atoms with Gasteiger partial charge in [-0.15, -0.1) is 0 Å². The molecule has 2 aromatic rings. The third-order valence-corrected chi connectivity index (χ3v) is 6.57. The molecule has 11 heteroatoms. The normalized spacial score (nSPS) is 13.0. The van der Waals surface area contributed by atoms with Gasteiger partial charge in [0, 0.05) is 18.7 Å². The summed E-state index contributed by atoms with van der Waals surface area (Å²) in [5.41, 5.74) is -4.41. The smallest absolute Gasteiger partial charge is 0.274 e. The molecule has 0 unspecified atom stereocenters. The van der Waals surface area contributed by atoms with E-state index < -0.39 is 47.5 Å². The van der Waals surface area contributed by atoms with E-state index in [1.807, 2.05) is 0 Å². The molecule has 0 radical (unpaired) electrons. The van der Waals surface area contributed by atoms with E-state index in [1.54, 1.807) is 48.6 Å². The molecule has 5 nitrogen and oxygen atoms in total. The first kappa shape index (κ1) is 30.4. The second-order valence-electron chi connectivity index (χ2n) is 10.00. The Labute approximate surface area is 212 Å². The average molecular weight is 534 g/mol. The minimum Gasteiger partial charge on any atom is -0.274 e. The highest BCUT2D eigenvalue weighted by atomic mass is 19.4. The van der Waals surface area contributed by atoms with Crippen LogP contribution in [-0.2, 0) is 23.7 Å². The Kier molecular flexibility index (Phi) is 8.61. The van der Waals surface area contributed by atoms with E-state index in [0.717, 1.165) is 30.0 Å². The van der Waals surface area contributed by atoms with E-state index in [2.05, 4.69) is 5.10 Å². The highest BCUT2D eigenvalue weighted by Crippen LogP contribution is 2.55. The maximum absolute atomic E-state index is 14.2. The lowest BCUT2D eigenvalue weighted by molar-refractivity contribution is -0.304. The molecular weight excluding hydrogens is 500 g/mol. The first-order valence-corrected chi connectivity index (χ1v) is 12.0. The summed E-state index contributed by atoms with van der Waals surface area (Å²) < 4.78 is 86.4. The fourth-order valence-corrected chi connectivity index (χ4v) is 4.60. The zero-order valence-electron chi connectivity index (χ0n) is 22.2. The maximum atomic E-state index is 14.2. The van der Waals surface area contributed by atoms with Crippen molar-refractivity contribution in [3.63, 3.8) is 0 Å². The van der Waals surface area contributed by atoms with Crippen molar-refractivity contribution in [1.82, 2.24) is 9.78 Å². The number of halogens is 6. The molecule has 1 heterocycles. The summed E-state index contributed by atoms with van der Waals surface area (Å²) >= 11 is 0. The fourth-order valence-electron chi connectivity index (χ4n) is 4.60. The van der Waals surface area contributed by atoms with Crippen molar-refractivity contribution in [3.8, 4) is 0 Å². The zero-order chi connectivity index (χ0) is 28.7. The van der Waals surface area contributed by atoms with Crippen molar-refractivity contribution in [2.24, 2.45) is 18.9 Å². The Morgan fingerprint density at radius 1 is 1.00 bits per heavy atom. The standard InChI is InChI=1S/C26H33F6N3O2/c1-9-24(25(27,28)29,26(30,31)32)20-11-10-19(13-18(20)12-14(2)3)35(22(36)15(4)5)23(37)21-16(6)33-34(8)17(21)7/h10-11,13-15H,9,12H2,1-8H3. The Bertz CT molecular complexity index is 1150. The molecule has 0 N–H and O–H groups in total. The molecule has 1 aromatic heterocycles. The number of carbonyl (C=O) groups excluding carboxylic acids is 2. The highest BCUT2D eigenvalue weighted by Gasteiger charge is 2.70.